The lowest BCUT2D eigenvalue weighted by Crippen LogP contribution is -2.35. The average molecular weight is 238 g/mol. The zero-order valence-electron chi connectivity index (χ0n) is 10.5. The van der Waals surface area contributed by atoms with Gasteiger partial charge in [0.25, 0.3) is 0 Å². The fraction of sp³-hybridized carbons (Fsp3) is 0.538. The van der Waals surface area contributed by atoms with Gasteiger partial charge < -0.3 is 15.9 Å². The fourth-order valence-corrected chi connectivity index (χ4v) is 1.83. The molecule has 0 aliphatic rings. The van der Waals surface area contributed by atoms with E-state index in [1.54, 1.807) is 13.8 Å². The van der Waals surface area contributed by atoms with Crippen molar-refractivity contribution in [2.75, 3.05) is 18.8 Å². The number of hydrogen-bond donors (Lipinski definition) is 3. The molecule has 96 valence electrons. The topological polar surface area (TPSA) is 69.7 Å². The van der Waals surface area contributed by atoms with Gasteiger partial charge in [-0.1, -0.05) is 12.1 Å². The second-order valence-corrected chi connectivity index (χ2v) is 4.63. The van der Waals surface area contributed by atoms with Crippen molar-refractivity contribution in [3.63, 3.8) is 0 Å². The highest BCUT2D eigenvalue weighted by atomic mass is 16.3. The Morgan fingerprint density at radius 1 is 1.06 bits per heavy atom. The van der Waals surface area contributed by atoms with Gasteiger partial charge in [0, 0.05) is 25.3 Å². The molecule has 1 rings (SSSR count). The molecule has 0 radical (unpaired) electrons. The number of benzene rings is 1. The van der Waals surface area contributed by atoms with E-state index in [9.17, 15) is 10.2 Å². The third-order valence-electron chi connectivity index (χ3n) is 2.43. The molecule has 0 aliphatic carbocycles. The normalized spacial score (nSPS) is 14.9. The van der Waals surface area contributed by atoms with Crippen LogP contribution in [0.5, 0.6) is 0 Å². The Morgan fingerprint density at radius 2 is 1.53 bits per heavy atom. The van der Waals surface area contributed by atoms with E-state index in [1.807, 2.05) is 29.2 Å². The van der Waals surface area contributed by atoms with Gasteiger partial charge in [-0.05, 0) is 31.5 Å². The minimum absolute atomic E-state index is 0.400. The van der Waals surface area contributed by atoms with Crippen LogP contribution in [0.2, 0.25) is 0 Å². The van der Waals surface area contributed by atoms with E-state index in [4.69, 9.17) is 5.73 Å². The summed E-state index contributed by atoms with van der Waals surface area (Å²) in [7, 11) is 0. The Bertz CT molecular complexity index is 313. The summed E-state index contributed by atoms with van der Waals surface area (Å²) in [6.07, 6.45) is -0.801. The van der Waals surface area contributed by atoms with Crippen LogP contribution in [0.25, 0.3) is 0 Å². The maximum atomic E-state index is 9.41. The number of nitrogen functional groups attached to an aromatic ring is 1. The molecule has 0 heterocycles. The Balaban J connectivity index is 2.61. The highest BCUT2D eigenvalue weighted by Crippen LogP contribution is 2.09. The van der Waals surface area contributed by atoms with E-state index in [2.05, 4.69) is 0 Å². The Morgan fingerprint density at radius 3 is 1.94 bits per heavy atom. The zero-order chi connectivity index (χ0) is 12.8. The molecule has 4 heteroatoms. The molecule has 1 aromatic rings. The van der Waals surface area contributed by atoms with Crippen molar-refractivity contribution in [2.45, 2.75) is 32.6 Å². The van der Waals surface area contributed by atoms with Crippen molar-refractivity contribution in [2.24, 2.45) is 0 Å². The number of aliphatic hydroxyl groups is 2. The van der Waals surface area contributed by atoms with E-state index in [0.717, 1.165) is 11.3 Å². The number of rotatable bonds is 6. The van der Waals surface area contributed by atoms with Gasteiger partial charge >= 0.3 is 0 Å². The lowest BCUT2D eigenvalue weighted by atomic mass is 10.2. The number of hydrogen-bond acceptors (Lipinski definition) is 4. The second-order valence-electron chi connectivity index (χ2n) is 4.63. The molecule has 0 saturated heterocycles. The molecule has 0 amide bonds. The first-order valence-corrected chi connectivity index (χ1v) is 5.90. The van der Waals surface area contributed by atoms with Crippen molar-refractivity contribution in [3.8, 4) is 0 Å². The summed E-state index contributed by atoms with van der Waals surface area (Å²) in [5.74, 6) is 0. The Hall–Kier alpha value is -1.10. The summed E-state index contributed by atoms with van der Waals surface area (Å²) >= 11 is 0. The van der Waals surface area contributed by atoms with E-state index in [-0.39, 0.29) is 0 Å². The minimum atomic E-state index is -0.400. The average Bonchev–Trinajstić information content (AvgIpc) is 2.19. The van der Waals surface area contributed by atoms with Gasteiger partial charge in [-0.3, -0.25) is 4.90 Å². The summed E-state index contributed by atoms with van der Waals surface area (Å²) in [6.45, 7) is 5.30. The summed E-state index contributed by atoms with van der Waals surface area (Å²) in [5, 5.41) is 18.8. The largest absolute Gasteiger partial charge is 0.399 e. The van der Waals surface area contributed by atoms with Gasteiger partial charge in [-0.25, -0.2) is 0 Å². The third-order valence-corrected chi connectivity index (χ3v) is 2.43. The van der Waals surface area contributed by atoms with Gasteiger partial charge in [0.1, 0.15) is 0 Å². The molecular formula is C13H22N2O2. The van der Waals surface area contributed by atoms with Crippen molar-refractivity contribution < 1.29 is 10.2 Å². The predicted octanol–water partition coefficient (Wildman–Crippen LogP) is 0.832. The van der Waals surface area contributed by atoms with E-state index in [1.165, 1.54) is 0 Å². The molecule has 4 N–H and O–H groups in total. The van der Waals surface area contributed by atoms with Gasteiger partial charge in [0.2, 0.25) is 0 Å². The summed E-state index contributed by atoms with van der Waals surface area (Å²) < 4.78 is 0. The lowest BCUT2D eigenvalue weighted by Gasteiger charge is -2.25. The SMILES string of the molecule is CC(O)CN(Cc1ccc(N)cc1)CC(C)O. The van der Waals surface area contributed by atoms with Crippen molar-refractivity contribution in [3.05, 3.63) is 29.8 Å². The molecule has 0 aliphatic heterocycles. The van der Waals surface area contributed by atoms with Crippen LogP contribution in [-0.4, -0.2) is 40.4 Å². The summed E-state index contributed by atoms with van der Waals surface area (Å²) in [5.41, 5.74) is 7.49. The molecule has 2 atom stereocenters. The lowest BCUT2D eigenvalue weighted by molar-refractivity contribution is 0.0794. The number of nitrogens with zero attached hydrogens (tertiary/aromatic N) is 1. The number of anilines is 1. The molecule has 0 fully saturated rings. The predicted molar refractivity (Wildman–Crippen MR) is 69.5 cm³/mol. The molecule has 0 aromatic heterocycles. The smallest absolute Gasteiger partial charge is 0.0639 e. The van der Waals surface area contributed by atoms with E-state index < -0.39 is 12.2 Å². The second kappa shape index (κ2) is 6.59. The van der Waals surface area contributed by atoms with Crippen LogP contribution in [0.3, 0.4) is 0 Å². The highest BCUT2D eigenvalue weighted by Gasteiger charge is 2.11. The zero-order valence-corrected chi connectivity index (χ0v) is 10.5. The van der Waals surface area contributed by atoms with Gasteiger partial charge in [0.15, 0.2) is 0 Å². The van der Waals surface area contributed by atoms with Crippen molar-refractivity contribution in [1.82, 2.24) is 4.90 Å². The van der Waals surface area contributed by atoms with Crippen LogP contribution in [-0.2, 0) is 6.54 Å². The van der Waals surface area contributed by atoms with Crippen molar-refractivity contribution in [1.29, 1.82) is 0 Å². The van der Waals surface area contributed by atoms with Crippen LogP contribution >= 0.6 is 0 Å². The van der Waals surface area contributed by atoms with Crippen LogP contribution in [0.15, 0.2) is 24.3 Å². The molecule has 4 nitrogen and oxygen atoms in total. The Kier molecular flexibility index (Phi) is 5.41. The van der Waals surface area contributed by atoms with Crippen molar-refractivity contribution >= 4 is 5.69 Å². The quantitative estimate of drug-likeness (QED) is 0.642. The number of nitrogens with two attached hydrogens (primary N) is 1. The molecule has 2 unspecified atom stereocenters. The standard InChI is InChI=1S/C13H22N2O2/c1-10(16)7-15(8-11(2)17)9-12-3-5-13(14)6-4-12/h3-6,10-11,16-17H,7-9,14H2,1-2H3. The summed E-state index contributed by atoms with van der Waals surface area (Å²) in [6, 6.07) is 7.65. The molecular weight excluding hydrogens is 216 g/mol. The van der Waals surface area contributed by atoms with Gasteiger partial charge in [-0.15, -0.1) is 0 Å². The molecule has 0 bridgehead atoms. The van der Waals surface area contributed by atoms with Crippen LogP contribution in [0, 0.1) is 0 Å². The van der Waals surface area contributed by atoms with Crippen LogP contribution in [0.1, 0.15) is 19.4 Å². The van der Waals surface area contributed by atoms with Crippen LogP contribution < -0.4 is 5.73 Å². The van der Waals surface area contributed by atoms with Gasteiger partial charge in [0.05, 0.1) is 12.2 Å². The third kappa shape index (κ3) is 5.68. The maximum Gasteiger partial charge on any atom is 0.0639 e. The fourth-order valence-electron chi connectivity index (χ4n) is 1.83. The maximum absolute atomic E-state index is 9.41. The van der Waals surface area contributed by atoms with Crippen LogP contribution in [0.4, 0.5) is 5.69 Å². The molecule has 0 saturated carbocycles. The molecule has 17 heavy (non-hydrogen) atoms. The van der Waals surface area contributed by atoms with E-state index in [0.29, 0.717) is 19.6 Å². The van der Waals surface area contributed by atoms with Gasteiger partial charge in [-0.2, -0.15) is 0 Å². The number of aliphatic hydroxyl groups excluding tert-OH is 2. The molecule has 0 spiro atoms. The summed E-state index contributed by atoms with van der Waals surface area (Å²) in [4.78, 5) is 2.03. The molecule has 1 aromatic carbocycles. The first-order chi connectivity index (χ1) is 7.97. The van der Waals surface area contributed by atoms with E-state index >= 15 is 0 Å². The first-order valence-electron chi connectivity index (χ1n) is 5.90. The highest BCUT2D eigenvalue weighted by molar-refractivity contribution is 5.39. The minimum Gasteiger partial charge on any atom is -0.399 e. The monoisotopic (exact) mass is 238 g/mol. The Labute approximate surface area is 103 Å². The first kappa shape index (κ1) is 14.0.